The van der Waals surface area contributed by atoms with Crippen LogP contribution in [0.3, 0.4) is 0 Å². The standard InChI is InChI=1S/C18H18N2OS/c21-17(11-12-5-4-10-22-12)19-16-9-3-7-14-13-6-1-2-8-15(13)20-18(14)16/h1-2,4-6,8,10,16,20H,3,7,9,11H2,(H,19,21). The molecule has 1 unspecified atom stereocenters. The number of para-hydroxylation sites is 1. The highest BCUT2D eigenvalue weighted by Crippen LogP contribution is 2.34. The number of hydrogen-bond donors (Lipinski definition) is 2. The number of amides is 1. The molecule has 0 bridgehead atoms. The van der Waals surface area contributed by atoms with E-state index in [1.165, 1.54) is 22.2 Å². The predicted octanol–water partition coefficient (Wildman–Crippen LogP) is 3.97. The van der Waals surface area contributed by atoms with E-state index in [4.69, 9.17) is 0 Å². The van der Waals surface area contributed by atoms with Crippen LogP contribution in [-0.4, -0.2) is 10.9 Å². The normalized spacial score (nSPS) is 17.4. The summed E-state index contributed by atoms with van der Waals surface area (Å²) in [6.45, 7) is 0. The molecule has 3 nitrogen and oxygen atoms in total. The molecule has 0 saturated carbocycles. The number of hydrogen-bond acceptors (Lipinski definition) is 2. The lowest BCUT2D eigenvalue weighted by Gasteiger charge is -2.23. The molecule has 1 amide bonds. The van der Waals surface area contributed by atoms with E-state index in [0.29, 0.717) is 6.42 Å². The molecule has 1 atom stereocenters. The largest absolute Gasteiger partial charge is 0.356 e. The average molecular weight is 310 g/mol. The fourth-order valence-electron chi connectivity index (χ4n) is 3.38. The third-order valence-corrected chi connectivity index (χ3v) is 5.24. The van der Waals surface area contributed by atoms with Gasteiger partial charge >= 0.3 is 0 Å². The number of aryl methyl sites for hydroxylation is 1. The molecule has 2 aromatic heterocycles. The minimum absolute atomic E-state index is 0.110. The Labute approximate surface area is 133 Å². The van der Waals surface area contributed by atoms with Gasteiger partial charge in [-0.05, 0) is 42.3 Å². The lowest BCUT2D eigenvalue weighted by atomic mass is 9.91. The Hall–Kier alpha value is -2.07. The number of nitrogens with one attached hydrogen (secondary N) is 2. The van der Waals surface area contributed by atoms with Gasteiger partial charge in [-0.25, -0.2) is 0 Å². The molecule has 112 valence electrons. The number of aromatic nitrogens is 1. The first-order valence-corrected chi connectivity index (χ1v) is 8.60. The zero-order chi connectivity index (χ0) is 14.9. The second kappa shape index (κ2) is 5.61. The Morgan fingerprint density at radius 3 is 3.05 bits per heavy atom. The van der Waals surface area contributed by atoms with E-state index in [1.807, 2.05) is 17.5 Å². The number of aromatic amines is 1. The van der Waals surface area contributed by atoms with Crippen LogP contribution in [0.1, 0.15) is 35.0 Å². The molecule has 4 rings (SSSR count). The molecule has 2 heterocycles. The van der Waals surface area contributed by atoms with Crippen molar-refractivity contribution in [2.24, 2.45) is 0 Å². The molecule has 2 N–H and O–H groups in total. The molecular weight excluding hydrogens is 292 g/mol. The predicted molar refractivity (Wildman–Crippen MR) is 90.1 cm³/mol. The molecule has 3 aromatic rings. The highest BCUT2D eigenvalue weighted by atomic mass is 32.1. The van der Waals surface area contributed by atoms with Gasteiger partial charge in [0, 0.05) is 21.5 Å². The first-order chi connectivity index (χ1) is 10.8. The Balaban J connectivity index is 1.58. The highest BCUT2D eigenvalue weighted by molar-refractivity contribution is 7.10. The SMILES string of the molecule is O=C(Cc1cccs1)NC1CCCc2c1[nH]c1ccccc21. The van der Waals surface area contributed by atoms with E-state index in [1.54, 1.807) is 11.3 Å². The van der Waals surface area contributed by atoms with E-state index < -0.39 is 0 Å². The summed E-state index contributed by atoms with van der Waals surface area (Å²) in [6, 6.07) is 12.5. The molecule has 1 aliphatic carbocycles. The number of rotatable bonds is 3. The fraction of sp³-hybridized carbons (Fsp3) is 0.278. The molecule has 4 heteroatoms. The van der Waals surface area contributed by atoms with Crippen molar-refractivity contribution in [1.82, 2.24) is 10.3 Å². The van der Waals surface area contributed by atoms with Crippen molar-refractivity contribution in [2.75, 3.05) is 0 Å². The van der Waals surface area contributed by atoms with Crippen LogP contribution >= 0.6 is 11.3 Å². The van der Waals surface area contributed by atoms with Crippen molar-refractivity contribution in [3.63, 3.8) is 0 Å². The van der Waals surface area contributed by atoms with Crippen LogP contribution in [-0.2, 0) is 17.6 Å². The number of benzene rings is 1. The monoisotopic (exact) mass is 310 g/mol. The maximum absolute atomic E-state index is 12.3. The van der Waals surface area contributed by atoms with E-state index in [9.17, 15) is 4.79 Å². The zero-order valence-corrected chi connectivity index (χ0v) is 13.1. The topological polar surface area (TPSA) is 44.9 Å². The summed E-state index contributed by atoms with van der Waals surface area (Å²) < 4.78 is 0. The van der Waals surface area contributed by atoms with E-state index >= 15 is 0 Å². The second-order valence-electron chi connectivity index (χ2n) is 5.83. The quantitative estimate of drug-likeness (QED) is 0.755. The van der Waals surface area contributed by atoms with Gasteiger partial charge in [0.15, 0.2) is 0 Å². The summed E-state index contributed by atoms with van der Waals surface area (Å²) in [6.07, 6.45) is 3.70. The first kappa shape index (κ1) is 13.6. The van der Waals surface area contributed by atoms with Crippen LogP contribution < -0.4 is 5.32 Å². The molecule has 22 heavy (non-hydrogen) atoms. The number of carbonyl (C=O) groups excluding carboxylic acids is 1. The third kappa shape index (κ3) is 2.44. The first-order valence-electron chi connectivity index (χ1n) is 7.72. The summed E-state index contributed by atoms with van der Waals surface area (Å²) in [5, 5.41) is 6.52. The number of H-pyrrole nitrogens is 1. The Bertz CT molecular complexity index is 804. The average Bonchev–Trinajstić information content (AvgIpc) is 3.15. The van der Waals surface area contributed by atoms with Crippen LogP contribution in [0, 0.1) is 0 Å². The minimum Gasteiger partial charge on any atom is -0.356 e. The van der Waals surface area contributed by atoms with Crippen LogP contribution in [0.2, 0.25) is 0 Å². The Morgan fingerprint density at radius 1 is 1.27 bits per heavy atom. The lowest BCUT2D eigenvalue weighted by molar-refractivity contribution is -0.121. The molecule has 0 spiro atoms. The van der Waals surface area contributed by atoms with Gasteiger partial charge in [-0.15, -0.1) is 11.3 Å². The Kier molecular flexibility index (Phi) is 3.47. The van der Waals surface area contributed by atoms with Gasteiger partial charge in [-0.2, -0.15) is 0 Å². The molecule has 1 aliphatic rings. The molecule has 0 saturated heterocycles. The van der Waals surface area contributed by atoms with Gasteiger partial charge in [0.2, 0.25) is 5.91 Å². The van der Waals surface area contributed by atoms with Gasteiger partial charge in [-0.3, -0.25) is 4.79 Å². The molecule has 0 aliphatic heterocycles. The summed E-state index contributed by atoms with van der Waals surface area (Å²) >= 11 is 1.63. The van der Waals surface area contributed by atoms with Crippen LogP contribution in [0.25, 0.3) is 10.9 Å². The zero-order valence-electron chi connectivity index (χ0n) is 12.3. The van der Waals surface area contributed by atoms with E-state index in [2.05, 4.69) is 34.6 Å². The number of carbonyl (C=O) groups is 1. The highest BCUT2D eigenvalue weighted by Gasteiger charge is 2.25. The summed E-state index contributed by atoms with van der Waals surface area (Å²) in [4.78, 5) is 16.9. The summed E-state index contributed by atoms with van der Waals surface area (Å²) in [7, 11) is 0. The van der Waals surface area contributed by atoms with Crippen molar-refractivity contribution in [2.45, 2.75) is 31.7 Å². The molecular formula is C18H18N2OS. The molecule has 0 radical (unpaired) electrons. The van der Waals surface area contributed by atoms with Gasteiger partial charge in [-0.1, -0.05) is 24.3 Å². The minimum atomic E-state index is 0.110. The summed E-state index contributed by atoms with van der Waals surface area (Å²) in [5.74, 6) is 0.110. The lowest BCUT2D eigenvalue weighted by Crippen LogP contribution is -2.32. The van der Waals surface area contributed by atoms with Crippen molar-refractivity contribution in [1.29, 1.82) is 0 Å². The van der Waals surface area contributed by atoms with Crippen molar-refractivity contribution in [3.05, 3.63) is 57.9 Å². The smallest absolute Gasteiger partial charge is 0.225 e. The van der Waals surface area contributed by atoms with Gasteiger partial charge in [0.1, 0.15) is 0 Å². The van der Waals surface area contributed by atoms with E-state index in [0.717, 1.165) is 24.1 Å². The van der Waals surface area contributed by atoms with Crippen molar-refractivity contribution >= 4 is 28.1 Å². The van der Waals surface area contributed by atoms with Gasteiger partial charge < -0.3 is 10.3 Å². The summed E-state index contributed by atoms with van der Waals surface area (Å²) in [5.41, 5.74) is 3.75. The molecule has 0 fully saturated rings. The fourth-order valence-corrected chi connectivity index (χ4v) is 4.08. The Morgan fingerprint density at radius 2 is 2.18 bits per heavy atom. The van der Waals surface area contributed by atoms with Crippen molar-refractivity contribution < 1.29 is 4.79 Å². The molecule has 1 aromatic carbocycles. The van der Waals surface area contributed by atoms with Crippen LogP contribution in [0.4, 0.5) is 0 Å². The maximum Gasteiger partial charge on any atom is 0.225 e. The second-order valence-corrected chi connectivity index (χ2v) is 6.86. The van der Waals surface area contributed by atoms with Crippen molar-refractivity contribution in [3.8, 4) is 0 Å². The van der Waals surface area contributed by atoms with E-state index in [-0.39, 0.29) is 11.9 Å². The van der Waals surface area contributed by atoms with Gasteiger partial charge in [0.25, 0.3) is 0 Å². The third-order valence-electron chi connectivity index (χ3n) is 4.36. The maximum atomic E-state index is 12.3. The van der Waals surface area contributed by atoms with Gasteiger partial charge in [0.05, 0.1) is 12.5 Å². The van der Waals surface area contributed by atoms with Crippen LogP contribution in [0.5, 0.6) is 0 Å². The van der Waals surface area contributed by atoms with Crippen LogP contribution in [0.15, 0.2) is 41.8 Å². The number of fused-ring (bicyclic) bond motifs is 3. The number of thiophene rings is 1.